The summed E-state index contributed by atoms with van der Waals surface area (Å²) in [7, 11) is 0. The van der Waals surface area contributed by atoms with E-state index in [-0.39, 0.29) is 0 Å². The van der Waals surface area contributed by atoms with Gasteiger partial charge in [-0.2, -0.15) is 0 Å². The number of rotatable bonds is 2. The molecule has 1 N–H and O–H groups in total. The van der Waals surface area contributed by atoms with Crippen molar-refractivity contribution in [3.8, 4) is 0 Å². The molecule has 1 aliphatic heterocycles. The van der Waals surface area contributed by atoms with Gasteiger partial charge in [0, 0.05) is 41.6 Å². The topological polar surface area (TPSA) is 15.3 Å². The minimum atomic E-state index is 0.651. The Labute approximate surface area is 97.4 Å². The molecule has 4 heteroatoms. The highest BCUT2D eigenvalue weighted by Gasteiger charge is 2.18. The maximum Gasteiger partial charge on any atom is 0.0343 e. The smallest absolute Gasteiger partial charge is 0.0343 e. The van der Waals surface area contributed by atoms with Crippen molar-refractivity contribution >= 4 is 27.3 Å². The van der Waals surface area contributed by atoms with Crippen molar-refractivity contribution in [1.29, 1.82) is 0 Å². The fourth-order valence-electron chi connectivity index (χ4n) is 1.74. The summed E-state index contributed by atoms with van der Waals surface area (Å²) in [5.74, 6) is 0. The molecule has 0 bridgehead atoms. The van der Waals surface area contributed by atoms with E-state index in [0.29, 0.717) is 6.04 Å². The highest BCUT2D eigenvalue weighted by Crippen LogP contribution is 2.24. The zero-order valence-corrected chi connectivity index (χ0v) is 10.7. The van der Waals surface area contributed by atoms with Gasteiger partial charge in [0.1, 0.15) is 0 Å². The molecule has 1 aliphatic rings. The van der Waals surface area contributed by atoms with Gasteiger partial charge in [0.2, 0.25) is 0 Å². The number of nitrogens with one attached hydrogen (secondary N) is 1. The molecule has 1 aromatic rings. The summed E-state index contributed by atoms with van der Waals surface area (Å²) < 4.78 is 1.26. The molecule has 0 aliphatic carbocycles. The molecule has 14 heavy (non-hydrogen) atoms. The first-order valence-corrected chi connectivity index (χ1v) is 6.61. The minimum absolute atomic E-state index is 0.651. The third-order valence-corrected chi connectivity index (χ3v) is 4.59. The van der Waals surface area contributed by atoms with Gasteiger partial charge in [0.15, 0.2) is 0 Å². The monoisotopic (exact) mass is 274 g/mol. The van der Waals surface area contributed by atoms with E-state index < -0.39 is 0 Å². The lowest BCUT2D eigenvalue weighted by Crippen LogP contribution is -2.49. The number of hydrogen-bond acceptors (Lipinski definition) is 3. The summed E-state index contributed by atoms with van der Waals surface area (Å²) in [5.41, 5.74) is 0. The first-order valence-electron chi connectivity index (χ1n) is 4.94. The number of nitrogens with zero attached hydrogens (tertiary/aromatic N) is 1. The van der Waals surface area contributed by atoms with Crippen LogP contribution in [0.15, 0.2) is 15.9 Å². The van der Waals surface area contributed by atoms with E-state index in [1.807, 2.05) is 11.3 Å². The summed E-state index contributed by atoms with van der Waals surface area (Å²) in [4.78, 5) is 3.98. The van der Waals surface area contributed by atoms with Crippen LogP contribution in [0.4, 0.5) is 0 Å². The van der Waals surface area contributed by atoms with Crippen molar-refractivity contribution in [1.82, 2.24) is 10.2 Å². The number of piperazine rings is 1. The van der Waals surface area contributed by atoms with Crippen molar-refractivity contribution in [2.45, 2.75) is 19.5 Å². The molecule has 2 nitrogen and oxygen atoms in total. The molecule has 0 saturated carbocycles. The molecule has 0 spiro atoms. The van der Waals surface area contributed by atoms with Crippen molar-refractivity contribution < 1.29 is 0 Å². The third-order valence-electron chi connectivity index (χ3n) is 2.68. The van der Waals surface area contributed by atoms with Crippen LogP contribution < -0.4 is 5.32 Å². The molecular weight excluding hydrogens is 260 g/mol. The van der Waals surface area contributed by atoms with E-state index in [1.54, 1.807) is 0 Å². The Morgan fingerprint density at radius 2 is 2.57 bits per heavy atom. The molecule has 0 amide bonds. The second-order valence-corrected chi connectivity index (χ2v) is 5.57. The Balaban J connectivity index is 1.99. The van der Waals surface area contributed by atoms with Crippen LogP contribution in [0.1, 0.15) is 11.8 Å². The fraction of sp³-hybridized carbons (Fsp3) is 0.600. The Hall–Kier alpha value is 0.100. The predicted octanol–water partition coefficient (Wildman–Crippen LogP) is 2.30. The Kier molecular flexibility index (Phi) is 3.60. The van der Waals surface area contributed by atoms with Crippen molar-refractivity contribution in [3.63, 3.8) is 0 Å². The van der Waals surface area contributed by atoms with E-state index in [2.05, 4.69) is 44.5 Å². The lowest BCUT2D eigenvalue weighted by atomic mass is 10.2. The molecule has 78 valence electrons. The molecule has 0 radical (unpaired) electrons. The maximum absolute atomic E-state index is 3.58. The van der Waals surface area contributed by atoms with Gasteiger partial charge < -0.3 is 5.32 Å². The van der Waals surface area contributed by atoms with Gasteiger partial charge in [-0.1, -0.05) is 0 Å². The molecule has 2 heterocycles. The number of halogens is 1. The molecule has 1 aromatic heterocycles. The lowest BCUT2D eigenvalue weighted by Gasteiger charge is -2.33. The Morgan fingerprint density at radius 1 is 1.71 bits per heavy atom. The van der Waals surface area contributed by atoms with Crippen LogP contribution in [0.25, 0.3) is 0 Å². The summed E-state index contributed by atoms with van der Waals surface area (Å²) in [5, 5.41) is 5.55. The molecule has 1 saturated heterocycles. The van der Waals surface area contributed by atoms with Gasteiger partial charge in [0.25, 0.3) is 0 Å². The minimum Gasteiger partial charge on any atom is -0.314 e. The van der Waals surface area contributed by atoms with E-state index in [9.17, 15) is 0 Å². The third kappa shape index (κ3) is 2.37. The van der Waals surface area contributed by atoms with Crippen LogP contribution in [0.5, 0.6) is 0 Å². The first-order chi connectivity index (χ1) is 6.77. The summed E-state index contributed by atoms with van der Waals surface area (Å²) >= 11 is 5.42. The average Bonchev–Trinajstić information content (AvgIpc) is 2.56. The van der Waals surface area contributed by atoms with Crippen LogP contribution in [0.2, 0.25) is 0 Å². The van der Waals surface area contributed by atoms with Gasteiger partial charge in [-0.25, -0.2) is 0 Å². The van der Waals surface area contributed by atoms with Gasteiger partial charge >= 0.3 is 0 Å². The summed E-state index contributed by atoms with van der Waals surface area (Å²) in [6, 6.07) is 2.78. The van der Waals surface area contributed by atoms with E-state index in [4.69, 9.17) is 0 Å². The van der Waals surface area contributed by atoms with Crippen LogP contribution in [0.3, 0.4) is 0 Å². The van der Waals surface area contributed by atoms with Gasteiger partial charge in [0.05, 0.1) is 0 Å². The summed E-state index contributed by atoms with van der Waals surface area (Å²) in [6.45, 7) is 6.76. The van der Waals surface area contributed by atoms with E-state index >= 15 is 0 Å². The van der Waals surface area contributed by atoms with E-state index in [0.717, 1.165) is 26.2 Å². The van der Waals surface area contributed by atoms with Crippen LogP contribution in [0, 0.1) is 0 Å². The molecule has 1 atom stereocenters. The predicted molar refractivity (Wildman–Crippen MR) is 64.8 cm³/mol. The SMILES string of the molecule is C[C@H]1CNCCN1Cc1sccc1Br. The quantitative estimate of drug-likeness (QED) is 0.891. The molecule has 1 fully saturated rings. The zero-order chi connectivity index (χ0) is 9.97. The fourth-order valence-corrected chi connectivity index (χ4v) is 3.24. The first kappa shape index (κ1) is 10.6. The van der Waals surface area contributed by atoms with Crippen molar-refractivity contribution in [2.75, 3.05) is 19.6 Å². The van der Waals surface area contributed by atoms with Gasteiger partial charge in [-0.3, -0.25) is 4.90 Å². The van der Waals surface area contributed by atoms with E-state index in [1.165, 1.54) is 9.35 Å². The second kappa shape index (κ2) is 4.75. The average molecular weight is 275 g/mol. The van der Waals surface area contributed by atoms with Crippen LogP contribution in [-0.2, 0) is 6.54 Å². The van der Waals surface area contributed by atoms with Crippen molar-refractivity contribution in [2.24, 2.45) is 0 Å². The Bertz CT molecular complexity index is 300. The maximum atomic E-state index is 3.58. The normalized spacial score (nSPS) is 24.0. The molecular formula is C10H15BrN2S. The van der Waals surface area contributed by atoms with Gasteiger partial charge in [-0.05, 0) is 34.3 Å². The standard InChI is InChI=1S/C10H15BrN2S/c1-8-6-12-3-4-13(8)7-10-9(11)2-5-14-10/h2,5,8,12H,3-4,6-7H2,1H3/t8-/m0/s1. The largest absolute Gasteiger partial charge is 0.314 e. The Morgan fingerprint density at radius 3 is 3.21 bits per heavy atom. The summed E-state index contributed by atoms with van der Waals surface area (Å²) in [6.07, 6.45) is 0. The van der Waals surface area contributed by atoms with Crippen LogP contribution in [-0.4, -0.2) is 30.6 Å². The molecule has 0 unspecified atom stereocenters. The number of hydrogen-bond donors (Lipinski definition) is 1. The second-order valence-electron chi connectivity index (χ2n) is 3.72. The van der Waals surface area contributed by atoms with Crippen molar-refractivity contribution in [3.05, 3.63) is 20.8 Å². The number of thiophene rings is 1. The lowest BCUT2D eigenvalue weighted by molar-refractivity contribution is 0.167. The zero-order valence-electron chi connectivity index (χ0n) is 8.29. The highest BCUT2D eigenvalue weighted by atomic mass is 79.9. The van der Waals surface area contributed by atoms with Crippen LogP contribution >= 0.6 is 27.3 Å². The highest BCUT2D eigenvalue weighted by molar-refractivity contribution is 9.10. The van der Waals surface area contributed by atoms with Gasteiger partial charge in [-0.15, -0.1) is 11.3 Å². The molecule has 0 aromatic carbocycles. The molecule has 2 rings (SSSR count).